The zero-order valence-corrected chi connectivity index (χ0v) is 13.7. The number of carbonyl (C=O) groups is 1. The van der Waals surface area contributed by atoms with Gasteiger partial charge in [0.1, 0.15) is 15.3 Å². The molecule has 1 rings (SSSR count). The van der Waals surface area contributed by atoms with E-state index in [-0.39, 0.29) is 20.0 Å². The van der Waals surface area contributed by atoms with Crippen molar-refractivity contribution in [1.29, 1.82) is 0 Å². The van der Waals surface area contributed by atoms with Gasteiger partial charge < -0.3 is 5.11 Å². The van der Waals surface area contributed by atoms with Crippen LogP contribution in [-0.4, -0.2) is 37.5 Å². The number of aliphatic carboxylic acids is 1. The van der Waals surface area contributed by atoms with Gasteiger partial charge in [-0.05, 0) is 24.5 Å². The molecule has 0 aromatic carbocycles. The van der Waals surface area contributed by atoms with Crippen molar-refractivity contribution >= 4 is 62.3 Å². The zero-order chi connectivity index (χ0) is 14.6. The predicted molar refractivity (Wildman–Crippen MR) is 79.1 cm³/mol. The van der Waals surface area contributed by atoms with Crippen molar-refractivity contribution in [2.75, 3.05) is 12.0 Å². The lowest BCUT2D eigenvalue weighted by Crippen LogP contribution is -2.41. The van der Waals surface area contributed by atoms with Gasteiger partial charge in [0.05, 0.1) is 4.34 Å². The SMILES string of the molecule is CSCC[C@@H](NS(=O)(=O)c1cc(Cl)sc1Cl)C(=O)O. The average Bonchev–Trinajstić information content (AvgIpc) is 2.64. The lowest BCUT2D eigenvalue weighted by atomic mass is 10.2. The number of carboxylic acids is 1. The molecule has 1 atom stereocenters. The normalized spacial score (nSPS) is 13.4. The molecule has 19 heavy (non-hydrogen) atoms. The van der Waals surface area contributed by atoms with Gasteiger partial charge in [0.25, 0.3) is 0 Å². The summed E-state index contributed by atoms with van der Waals surface area (Å²) < 4.78 is 26.4. The molecule has 108 valence electrons. The van der Waals surface area contributed by atoms with E-state index >= 15 is 0 Å². The van der Waals surface area contributed by atoms with E-state index in [1.807, 2.05) is 6.26 Å². The Morgan fingerprint density at radius 3 is 2.63 bits per heavy atom. The number of thiophene rings is 1. The van der Waals surface area contributed by atoms with Crippen LogP contribution in [0.5, 0.6) is 0 Å². The Balaban J connectivity index is 2.94. The third-order valence-corrected chi connectivity index (χ3v) is 5.99. The maximum atomic E-state index is 12.0. The van der Waals surface area contributed by atoms with E-state index in [4.69, 9.17) is 28.3 Å². The largest absolute Gasteiger partial charge is 0.480 e. The smallest absolute Gasteiger partial charge is 0.321 e. The summed E-state index contributed by atoms with van der Waals surface area (Å²) in [5, 5.41) is 8.99. The molecule has 0 fully saturated rings. The van der Waals surface area contributed by atoms with Crippen LogP contribution in [0.15, 0.2) is 11.0 Å². The van der Waals surface area contributed by atoms with Crippen molar-refractivity contribution in [2.45, 2.75) is 17.4 Å². The predicted octanol–water partition coefficient (Wildman–Crippen LogP) is 2.54. The summed E-state index contributed by atoms with van der Waals surface area (Å²) in [6, 6.07) is 0.0110. The standard InChI is InChI=1S/C9H11Cl2NO4S3/c1-17-3-2-5(9(13)14)12-19(15,16)6-4-7(10)18-8(6)11/h4-5,12H,2-3H2,1H3,(H,13,14)/t5-/m1/s1. The van der Waals surface area contributed by atoms with E-state index in [0.29, 0.717) is 5.75 Å². The topological polar surface area (TPSA) is 83.5 Å². The average molecular weight is 364 g/mol. The van der Waals surface area contributed by atoms with Gasteiger partial charge in [-0.25, -0.2) is 8.42 Å². The minimum Gasteiger partial charge on any atom is -0.480 e. The molecule has 0 aliphatic carbocycles. The van der Waals surface area contributed by atoms with Crippen molar-refractivity contribution in [3.63, 3.8) is 0 Å². The Hall–Kier alpha value is 0.01000. The van der Waals surface area contributed by atoms with Crippen molar-refractivity contribution in [1.82, 2.24) is 4.72 Å². The van der Waals surface area contributed by atoms with E-state index < -0.39 is 22.0 Å². The molecule has 0 saturated heterocycles. The lowest BCUT2D eigenvalue weighted by molar-refractivity contribution is -0.139. The van der Waals surface area contributed by atoms with Crippen LogP contribution in [0.2, 0.25) is 8.67 Å². The van der Waals surface area contributed by atoms with Crippen LogP contribution >= 0.6 is 46.3 Å². The van der Waals surface area contributed by atoms with Crippen LogP contribution in [0.3, 0.4) is 0 Å². The van der Waals surface area contributed by atoms with Crippen molar-refractivity contribution in [2.24, 2.45) is 0 Å². The summed E-state index contributed by atoms with van der Waals surface area (Å²) in [7, 11) is -3.99. The molecule has 10 heteroatoms. The molecule has 0 bridgehead atoms. The highest BCUT2D eigenvalue weighted by molar-refractivity contribution is 7.98. The fourth-order valence-electron chi connectivity index (χ4n) is 1.23. The molecule has 0 aliphatic heterocycles. The number of hydrogen-bond acceptors (Lipinski definition) is 5. The summed E-state index contributed by atoms with van der Waals surface area (Å²) in [5.74, 6) is -0.701. The van der Waals surface area contributed by atoms with Crippen LogP contribution < -0.4 is 4.72 Å². The highest BCUT2D eigenvalue weighted by atomic mass is 35.5. The Bertz CT molecular complexity index is 558. The third kappa shape index (κ3) is 4.80. The molecule has 1 aromatic rings. The number of sulfonamides is 1. The van der Waals surface area contributed by atoms with E-state index in [2.05, 4.69) is 4.72 Å². The molecule has 0 unspecified atom stereocenters. The number of nitrogens with one attached hydrogen (secondary N) is 1. The van der Waals surface area contributed by atoms with E-state index in [1.54, 1.807) is 0 Å². The summed E-state index contributed by atoms with van der Waals surface area (Å²) in [4.78, 5) is 10.8. The number of halogens is 2. The number of rotatable bonds is 7. The Morgan fingerprint density at radius 2 is 2.21 bits per heavy atom. The molecule has 0 spiro atoms. The van der Waals surface area contributed by atoms with Gasteiger partial charge in [-0.1, -0.05) is 23.2 Å². The molecule has 1 heterocycles. The van der Waals surface area contributed by atoms with E-state index in [9.17, 15) is 13.2 Å². The fourth-order valence-corrected chi connectivity index (χ4v) is 5.07. The first kappa shape index (κ1) is 17.1. The first-order chi connectivity index (χ1) is 8.77. The van der Waals surface area contributed by atoms with Crippen molar-refractivity contribution in [3.05, 3.63) is 14.7 Å². The van der Waals surface area contributed by atoms with Gasteiger partial charge in [0.2, 0.25) is 10.0 Å². The molecule has 1 aromatic heterocycles. The molecular weight excluding hydrogens is 353 g/mol. The summed E-state index contributed by atoms with van der Waals surface area (Å²) in [6.07, 6.45) is 1.99. The molecule has 5 nitrogen and oxygen atoms in total. The quantitative estimate of drug-likeness (QED) is 0.777. The Labute approximate surface area is 129 Å². The number of thioether (sulfide) groups is 1. The van der Waals surface area contributed by atoms with Crippen LogP contribution in [0.1, 0.15) is 6.42 Å². The van der Waals surface area contributed by atoms with Gasteiger partial charge in [0.15, 0.2) is 0 Å². The third-order valence-electron chi connectivity index (χ3n) is 2.12. The van der Waals surface area contributed by atoms with Gasteiger partial charge in [-0.3, -0.25) is 4.79 Å². The zero-order valence-electron chi connectivity index (χ0n) is 9.72. The van der Waals surface area contributed by atoms with Gasteiger partial charge >= 0.3 is 5.97 Å². The minimum absolute atomic E-state index is 0.00602. The molecule has 0 saturated carbocycles. The highest BCUT2D eigenvalue weighted by Crippen LogP contribution is 2.34. The van der Waals surface area contributed by atoms with Crippen LogP contribution in [0.25, 0.3) is 0 Å². The second-order valence-corrected chi connectivity index (χ2v) is 8.44. The number of hydrogen-bond donors (Lipinski definition) is 2. The van der Waals surface area contributed by atoms with Crippen LogP contribution in [0, 0.1) is 0 Å². The Kier molecular flexibility index (Phi) is 6.41. The molecule has 0 amide bonds. The van der Waals surface area contributed by atoms with Crippen LogP contribution in [0.4, 0.5) is 0 Å². The summed E-state index contributed by atoms with van der Waals surface area (Å²) in [5.41, 5.74) is 0. The monoisotopic (exact) mass is 363 g/mol. The second-order valence-electron chi connectivity index (χ2n) is 3.48. The minimum atomic E-state index is -3.99. The first-order valence-corrected chi connectivity index (χ1v) is 9.41. The molecule has 2 N–H and O–H groups in total. The van der Waals surface area contributed by atoms with Crippen LogP contribution in [-0.2, 0) is 14.8 Å². The second kappa shape index (κ2) is 7.14. The fraction of sp³-hybridized carbons (Fsp3) is 0.444. The van der Waals surface area contributed by atoms with Gasteiger partial charge in [-0.2, -0.15) is 16.5 Å². The maximum absolute atomic E-state index is 12.0. The molecule has 0 aliphatic rings. The van der Waals surface area contributed by atoms with Gasteiger partial charge in [-0.15, -0.1) is 11.3 Å². The van der Waals surface area contributed by atoms with E-state index in [1.165, 1.54) is 17.8 Å². The summed E-state index contributed by atoms with van der Waals surface area (Å²) >= 11 is 13.8. The summed E-state index contributed by atoms with van der Waals surface area (Å²) in [6.45, 7) is 0. The number of carboxylic acid groups (broad SMARTS) is 1. The first-order valence-electron chi connectivity index (χ1n) is 4.97. The van der Waals surface area contributed by atoms with Crippen molar-refractivity contribution in [3.8, 4) is 0 Å². The lowest BCUT2D eigenvalue weighted by Gasteiger charge is -2.13. The Morgan fingerprint density at radius 1 is 1.58 bits per heavy atom. The van der Waals surface area contributed by atoms with E-state index in [0.717, 1.165) is 11.3 Å². The highest BCUT2D eigenvalue weighted by Gasteiger charge is 2.27. The van der Waals surface area contributed by atoms with Crippen molar-refractivity contribution < 1.29 is 18.3 Å². The molecule has 0 radical (unpaired) electrons. The van der Waals surface area contributed by atoms with Gasteiger partial charge in [0, 0.05) is 0 Å². The maximum Gasteiger partial charge on any atom is 0.321 e. The molecular formula is C9H11Cl2NO4S3.